The molecule has 0 amide bonds. The van der Waals surface area contributed by atoms with Crippen molar-refractivity contribution in [1.82, 2.24) is 13.2 Å². The summed E-state index contributed by atoms with van der Waals surface area (Å²) in [6.45, 7) is 4.74. The molecular formula is C19H27N3O4S2. The van der Waals surface area contributed by atoms with Crippen LogP contribution in [0.15, 0.2) is 52.4 Å². The topological polar surface area (TPSA) is 79.7 Å². The molecule has 0 unspecified atom stereocenters. The average molecular weight is 426 g/mol. The number of aromatic nitrogens is 1. The largest absolute Gasteiger partial charge is 0.353 e. The van der Waals surface area contributed by atoms with Crippen LogP contribution in [0.2, 0.25) is 0 Å². The molecule has 2 heterocycles. The van der Waals surface area contributed by atoms with E-state index in [1.807, 2.05) is 29.9 Å². The number of aryl methyl sites for hydroxylation is 1. The smallest absolute Gasteiger partial charge is 0.243 e. The van der Waals surface area contributed by atoms with Crippen LogP contribution in [0.25, 0.3) is 0 Å². The summed E-state index contributed by atoms with van der Waals surface area (Å²) in [6.07, 6.45) is 3.47. The summed E-state index contributed by atoms with van der Waals surface area (Å²) < 4.78 is 56.5. The van der Waals surface area contributed by atoms with Crippen molar-refractivity contribution < 1.29 is 16.8 Å². The van der Waals surface area contributed by atoms with Gasteiger partial charge in [-0.05, 0) is 49.2 Å². The Morgan fingerprint density at radius 3 is 2.14 bits per heavy atom. The monoisotopic (exact) mass is 425 g/mol. The number of hydrogen-bond donors (Lipinski definition) is 0. The van der Waals surface area contributed by atoms with E-state index in [1.54, 1.807) is 13.8 Å². The van der Waals surface area contributed by atoms with E-state index in [4.69, 9.17) is 0 Å². The molecule has 1 saturated heterocycles. The maximum Gasteiger partial charge on any atom is 0.243 e. The van der Waals surface area contributed by atoms with Gasteiger partial charge in [-0.3, -0.25) is 0 Å². The summed E-state index contributed by atoms with van der Waals surface area (Å²) in [4.78, 5) is 0.225. The lowest BCUT2D eigenvalue weighted by Crippen LogP contribution is -2.32. The number of sulfonamides is 2. The molecule has 0 spiro atoms. The van der Waals surface area contributed by atoms with Gasteiger partial charge in [0.2, 0.25) is 20.0 Å². The van der Waals surface area contributed by atoms with Gasteiger partial charge in [0.05, 0.1) is 15.8 Å². The minimum atomic E-state index is -3.71. The van der Waals surface area contributed by atoms with E-state index in [0.29, 0.717) is 19.6 Å². The van der Waals surface area contributed by atoms with Crippen molar-refractivity contribution >= 4 is 20.0 Å². The lowest BCUT2D eigenvalue weighted by atomic mass is 10.1. The number of hydrogen-bond acceptors (Lipinski definition) is 4. The van der Waals surface area contributed by atoms with Crippen LogP contribution in [-0.2, 0) is 27.1 Å². The van der Waals surface area contributed by atoms with Crippen LogP contribution >= 0.6 is 0 Å². The molecule has 0 bridgehead atoms. The first kappa shape index (κ1) is 21.0. The molecule has 7 nitrogen and oxygen atoms in total. The zero-order valence-corrected chi connectivity index (χ0v) is 18.1. The molecule has 28 heavy (non-hydrogen) atoms. The Labute approximate surface area is 167 Å². The van der Waals surface area contributed by atoms with Crippen molar-refractivity contribution in [3.05, 3.63) is 48.3 Å². The molecule has 1 atom stereocenters. The van der Waals surface area contributed by atoms with Gasteiger partial charge in [-0.2, -0.15) is 8.61 Å². The van der Waals surface area contributed by atoms with Crippen LogP contribution in [0.1, 0.15) is 38.4 Å². The second-order valence-electron chi connectivity index (χ2n) is 6.88. The number of rotatable bonds is 7. The van der Waals surface area contributed by atoms with Crippen molar-refractivity contribution in [2.75, 3.05) is 19.6 Å². The van der Waals surface area contributed by atoms with Crippen molar-refractivity contribution in [1.29, 1.82) is 0 Å². The third-order valence-electron chi connectivity index (χ3n) is 5.30. The minimum absolute atomic E-state index is 0.107. The molecule has 0 aliphatic carbocycles. The van der Waals surface area contributed by atoms with Crippen LogP contribution in [0.3, 0.4) is 0 Å². The SMILES string of the molecule is CCN(CC)S(=O)(=O)c1ccc(S(=O)(=O)N2CCC[C@H]2c2cccn2C)cc1. The fraction of sp³-hybridized carbons (Fsp3) is 0.474. The summed E-state index contributed by atoms with van der Waals surface area (Å²) >= 11 is 0. The first-order chi connectivity index (χ1) is 13.2. The van der Waals surface area contributed by atoms with Gasteiger partial charge < -0.3 is 4.57 Å². The standard InChI is InChI=1S/C19H27N3O4S2/c1-4-21(5-2)27(23,24)16-10-12-17(13-11-16)28(25,26)22-15-7-9-19(22)18-8-6-14-20(18)3/h6,8,10-14,19H,4-5,7,9,15H2,1-3H3/t19-/m0/s1. The van der Waals surface area contributed by atoms with Gasteiger partial charge in [0.25, 0.3) is 0 Å². The van der Waals surface area contributed by atoms with Crippen LogP contribution in [-0.4, -0.2) is 49.6 Å². The zero-order valence-electron chi connectivity index (χ0n) is 16.4. The third kappa shape index (κ3) is 3.63. The zero-order chi connectivity index (χ0) is 20.5. The van der Waals surface area contributed by atoms with E-state index >= 15 is 0 Å². The van der Waals surface area contributed by atoms with Crippen LogP contribution in [0.5, 0.6) is 0 Å². The van der Waals surface area contributed by atoms with Crippen molar-refractivity contribution in [2.24, 2.45) is 7.05 Å². The molecule has 1 aliphatic heterocycles. The maximum absolute atomic E-state index is 13.2. The lowest BCUT2D eigenvalue weighted by molar-refractivity contribution is 0.384. The Bertz CT molecular complexity index is 1020. The molecule has 154 valence electrons. The van der Waals surface area contributed by atoms with Crippen molar-refractivity contribution in [3.8, 4) is 0 Å². The van der Waals surface area contributed by atoms with E-state index in [-0.39, 0.29) is 15.8 Å². The lowest BCUT2D eigenvalue weighted by Gasteiger charge is -2.25. The molecule has 1 aromatic heterocycles. The Kier molecular flexibility index (Phi) is 6.00. The molecule has 0 N–H and O–H groups in total. The van der Waals surface area contributed by atoms with Gasteiger partial charge in [0, 0.05) is 38.6 Å². The fourth-order valence-corrected chi connectivity index (χ4v) is 6.90. The van der Waals surface area contributed by atoms with E-state index < -0.39 is 20.0 Å². The van der Waals surface area contributed by atoms with Gasteiger partial charge in [0.1, 0.15) is 0 Å². The molecule has 1 aromatic carbocycles. The summed E-state index contributed by atoms with van der Waals surface area (Å²) in [6, 6.07) is 9.20. The van der Waals surface area contributed by atoms with Crippen LogP contribution in [0.4, 0.5) is 0 Å². The quantitative estimate of drug-likeness (QED) is 0.683. The Morgan fingerprint density at radius 1 is 1.00 bits per heavy atom. The first-order valence-corrected chi connectivity index (χ1v) is 12.3. The van der Waals surface area contributed by atoms with Gasteiger partial charge >= 0.3 is 0 Å². The number of nitrogens with zero attached hydrogens (tertiary/aromatic N) is 3. The number of benzene rings is 1. The average Bonchev–Trinajstić information content (AvgIpc) is 3.31. The van der Waals surface area contributed by atoms with E-state index in [9.17, 15) is 16.8 Å². The molecule has 3 rings (SSSR count). The molecular weight excluding hydrogens is 398 g/mol. The second-order valence-corrected chi connectivity index (χ2v) is 10.7. The Hall–Kier alpha value is -1.68. The van der Waals surface area contributed by atoms with Crippen LogP contribution in [0, 0.1) is 0 Å². The van der Waals surface area contributed by atoms with E-state index in [1.165, 1.54) is 32.9 Å². The minimum Gasteiger partial charge on any atom is -0.353 e. The molecule has 1 fully saturated rings. The highest BCUT2D eigenvalue weighted by Gasteiger charge is 2.37. The van der Waals surface area contributed by atoms with Gasteiger partial charge in [-0.25, -0.2) is 16.8 Å². The summed E-state index contributed by atoms with van der Waals surface area (Å²) in [5.74, 6) is 0. The van der Waals surface area contributed by atoms with Crippen molar-refractivity contribution in [2.45, 2.75) is 42.5 Å². The highest BCUT2D eigenvalue weighted by molar-refractivity contribution is 7.89. The van der Waals surface area contributed by atoms with E-state index in [2.05, 4.69) is 0 Å². The normalized spacial score (nSPS) is 18.8. The highest BCUT2D eigenvalue weighted by atomic mass is 32.2. The summed E-state index contributed by atoms with van der Waals surface area (Å²) in [7, 11) is -5.42. The van der Waals surface area contributed by atoms with Crippen LogP contribution < -0.4 is 0 Å². The van der Waals surface area contributed by atoms with Gasteiger partial charge in [0.15, 0.2) is 0 Å². The molecule has 0 radical (unpaired) electrons. The van der Waals surface area contributed by atoms with E-state index in [0.717, 1.165) is 18.5 Å². The summed E-state index contributed by atoms with van der Waals surface area (Å²) in [5, 5.41) is 0. The van der Waals surface area contributed by atoms with Gasteiger partial charge in [-0.15, -0.1) is 0 Å². The third-order valence-corrected chi connectivity index (χ3v) is 9.29. The fourth-order valence-electron chi connectivity index (χ4n) is 3.78. The van der Waals surface area contributed by atoms with Crippen molar-refractivity contribution in [3.63, 3.8) is 0 Å². The second kappa shape index (κ2) is 7.98. The molecule has 9 heteroatoms. The Morgan fingerprint density at radius 2 is 1.61 bits per heavy atom. The maximum atomic E-state index is 13.2. The molecule has 2 aromatic rings. The predicted molar refractivity (Wildman–Crippen MR) is 108 cm³/mol. The highest BCUT2D eigenvalue weighted by Crippen LogP contribution is 2.36. The predicted octanol–water partition coefficient (Wildman–Crippen LogP) is 2.58. The summed E-state index contributed by atoms with van der Waals surface area (Å²) in [5.41, 5.74) is 0.960. The first-order valence-electron chi connectivity index (χ1n) is 9.46. The molecule has 1 aliphatic rings. The molecule has 0 saturated carbocycles. The Balaban J connectivity index is 1.92. The van der Waals surface area contributed by atoms with Gasteiger partial charge in [-0.1, -0.05) is 13.8 Å².